The molecule has 2 heterocycles. The molecule has 1 N–H and O–H groups in total. The largest absolute Gasteiger partial charge is 0.278 e. The van der Waals surface area contributed by atoms with Gasteiger partial charge < -0.3 is 0 Å². The lowest BCUT2D eigenvalue weighted by molar-refractivity contribution is 0.540. The first-order valence-electron chi connectivity index (χ1n) is 4.93. The van der Waals surface area contributed by atoms with E-state index in [0.29, 0.717) is 17.3 Å². The number of aromatic amines is 1. The normalized spacial score (nSPS) is 20.8. The average molecular weight is 307 g/mol. The smallest absolute Gasteiger partial charge is 0.267 e. The fourth-order valence-corrected chi connectivity index (χ4v) is 3.61. The van der Waals surface area contributed by atoms with Gasteiger partial charge in [-0.3, -0.25) is 4.79 Å². The summed E-state index contributed by atoms with van der Waals surface area (Å²) in [5.74, 6) is 0.531. The van der Waals surface area contributed by atoms with E-state index < -0.39 is 9.84 Å². The summed E-state index contributed by atoms with van der Waals surface area (Å²) in [7, 11) is -2.85. The molecule has 0 aliphatic carbocycles. The first kappa shape index (κ1) is 11.8. The predicted molar refractivity (Wildman–Crippen MR) is 63.2 cm³/mol. The van der Waals surface area contributed by atoms with Gasteiger partial charge in [-0.1, -0.05) is 0 Å². The van der Waals surface area contributed by atoms with E-state index in [0.717, 1.165) is 5.69 Å². The third kappa shape index (κ3) is 2.52. The molecule has 1 fully saturated rings. The predicted octanol–water partition coefficient (Wildman–Crippen LogP) is 0.825. The Kier molecular flexibility index (Phi) is 3.16. The molecule has 16 heavy (non-hydrogen) atoms. The number of halogens is 1. The Bertz CT molecular complexity index is 538. The summed E-state index contributed by atoms with van der Waals surface area (Å²) in [4.78, 5) is 11.1. The van der Waals surface area contributed by atoms with Crippen LogP contribution in [0.4, 0.5) is 0 Å². The van der Waals surface area contributed by atoms with Crippen molar-refractivity contribution in [2.75, 3.05) is 11.5 Å². The molecule has 1 aromatic rings. The van der Waals surface area contributed by atoms with E-state index in [1.807, 2.05) is 0 Å². The van der Waals surface area contributed by atoms with Gasteiger partial charge in [0.1, 0.15) is 9.84 Å². The van der Waals surface area contributed by atoms with E-state index in [1.165, 1.54) is 0 Å². The lowest BCUT2D eigenvalue weighted by Crippen LogP contribution is -2.23. The molecule has 0 amide bonds. The molecule has 0 radical (unpaired) electrons. The Morgan fingerprint density at radius 1 is 1.38 bits per heavy atom. The monoisotopic (exact) mass is 306 g/mol. The maximum atomic E-state index is 11.3. The van der Waals surface area contributed by atoms with Gasteiger partial charge in [0.25, 0.3) is 5.56 Å². The minimum Gasteiger partial charge on any atom is -0.267 e. The maximum absolute atomic E-state index is 11.3. The highest BCUT2D eigenvalue weighted by Crippen LogP contribution is 2.27. The molecule has 1 saturated heterocycles. The summed E-state index contributed by atoms with van der Waals surface area (Å²) < 4.78 is 23.0. The van der Waals surface area contributed by atoms with Crippen molar-refractivity contribution in [3.05, 3.63) is 26.6 Å². The second-order valence-electron chi connectivity index (χ2n) is 3.90. The van der Waals surface area contributed by atoms with Gasteiger partial charge in [-0.2, -0.15) is 5.10 Å². The molecule has 2 rings (SSSR count). The molecule has 0 bridgehead atoms. The van der Waals surface area contributed by atoms with Crippen molar-refractivity contribution in [2.24, 2.45) is 0 Å². The van der Waals surface area contributed by atoms with Gasteiger partial charge in [0.15, 0.2) is 0 Å². The van der Waals surface area contributed by atoms with Gasteiger partial charge in [0.2, 0.25) is 0 Å². The number of hydrogen-bond donors (Lipinski definition) is 1. The summed E-state index contributed by atoms with van der Waals surface area (Å²) in [6.45, 7) is 0. The second-order valence-corrected chi connectivity index (χ2v) is 7.05. The lowest BCUT2D eigenvalue weighted by atomic mass is 9.99. The third-order valence-corrected chi connectivity index (χ3v) is 5.06. The van der Waals surface area contributed by atoms with Crippen molar-refractivity contribution in [3.8, 4) is 0 Å². The number of nitrogens with zero attached hydrogens (tertiary/aromatic N) is 1. The molecule has 7 heteroatoms. The van der Waals surface area contributed by atoms with Gasteiger partial charge in [0, 0.05) is 5.92 Å². The zero-order valence-corrected chi connectivity index (χ0v) is 10.8. The number of aromatic nitrogens is 2. The van der Waals surface area contributed by atoms with Crippen molar-refractivity contribution < 1.29 is 8.42 Å². The number of nitrogens with one attached hydrogen (secondary N) is 1. The number of sulfone groups is 1. The Labute approximate surface area is 101 Å². The van der Waals surface area contributed by atoms with Crippen LogP contribution in [0, 0.1) is 0 Å². The topological polar surface area (TPSA) is 79.9 Å². The third-order valence-electron chi connectivity index (χ3n) is 2.75. The van der Waals surface area contributed by atoms with E-state index in [2.05, 4.69) is 26.1 Å². The molecule has 1 aliphatic heterocycles. The first-order valence-corrected chi connectivity index (χ1v) is 7.55. The van der Waals surface area contributed by atoms with E-state index in [1.54, 1.807) is 6.07 Å². The van der Waals surface area contributed by atoms with Crippen LogP contribution < -0.4 is 5.56 Å². The van der Waals surface area contributed by atoms with E-state index in [9.17, 15) is 13.2 Å². The van der Waals surface area contributed by atoms with Crippen LogP contribution in [0.2, 0.25) is 0 Å². The second kappa shape index (κ2) is 4.29. The van der Waals surface area contributed by atoms with Crippen LogP contribution >= 0.6 is 15.9 Å². The van der Waals surface area contributed by atoms with Crippen LogP contribution in [-0.2, 0) is 9.84 Å². The van der Waals surface area contributed by atoms with E-state index in [-0.39, 0.29) is 23.0 Å². The lowest BCUT2D eigenvalue weighted by Gasteiger charge is -2.20. The van der Waals surface area contributed by atoms with E-state index >= 15 is 0 Å². The van der Waals surface area contributed by atoms with Crippen molar-refractivity contribution in [3.63, 3.8) is 0 Å². The summed E-state index contributed by atoms with van der Waals surface area (Å²) in [6.07, 6.45) is 1.15. The molecular weight excluding hydrogens is 296 g/mol. The molecule has 0 saturated carbocycles. The fraction of sp³-hybridized carbons (Fsp3) is 0.556. The molecule has 0 aromatic carbocycles. The molecule has 88 valence electrons. The van der Waals surface area contributed by atoms with Gasteiger partial charge in [0.05, 0.1) is 21.7 Å². The minimum atomic E-state index is -2.85. The molecule has 1 aliphatic rings. The highest BCUT2D eigenvalue weighted by molar-refractivity contribution is 9.10. The highest BCUT2D eigenvalue weighted by atomic mass is 79.9. The van der Waals surface area contributed by atoms with E-state index in [4.69, 9.17) is 0 Å². The summed E-state index contributed by atoms with van der Waals surface area (Å²) >= 11 is 3.13. The van der Waals surface area contributed by atoms with Crippen LogP contribution in [0.15, 0.2) is 15.3 Å². The SMILES string of the molecule is O=c1[nH]nc(C2CCS(=O)(=O)CC2)cc1Br. The Morgan fingerprint density at radius 2 is 2.00 bits per heavy atom. The number of rotatable bonds is 1. The zero-order valence-electron chi connectivity index (χ0n) is 8.44. The fourth-order valence-electron chi connectivity index (χ4n) is 1.79. The average Bonchev–Trinajstić information content (AvgIpc) is 2.22. The molecule has 0 spiro atoms. The standard InChI is InChI=1S/C9H11BrN2O3S/c10-7-5-8(11-12-9(7)13)6-1-3-16(14,15)4-2-6/h5-6H,1-4H2,(H,12,13). The van der Waals surface area contributed by atoms with Crippen molar-refractivity contribution in [1.82, 2.24) is 10.2 Å². The Hall–Kier alpha value is -0.690. The molecule has 0 unspecified atom stereocenters. The summed E-state index contributed by atoms with van der Waals surface area (Å²) in [5, 5.41) is 6.33. The van der Waals surface area contributed by atoms with Crippen LogP contribution in [0.25, 0.3) is 0 Å². The molecule has 0 atom stereocenters. The van der Waals surface area contributed by atoms with Gasteiger partial charge >= 0.3 is 0 Å². The molecular formula is C9H11BrN2O3S. The molecule has 1 aromatic heterocycles. The number of hydrogen-bond acceptors (Lipinski definition) is 4. The van der Waals surface area contributed by atoms with Gasteiger partial charge in [-0.05, 0) is 34.8 Å². The minimum absolute atomic E-state index is 0.122. The van der Waals surface area contributed by atoms with Crippen LogP contribution in [0.1, 0.15) is 24.5 Å². The number of H-pyrrole nitrogens is 1. The van der Waals surface area contributed by atoms with Crippen LogP contribution in [0.3, 0.4) is 0 Å². The molecule has 5 nitrogen and oxygen atoms in total. The summed E-state index contributed by atoms with van der Waals surface area (Å²) in [5.41, 5.74) is 0.480. The maximum Gasteiger partial charge on any atom is 0.278 e. The van der Waals surface area contributed by atoms with Gasteiger partial charge in [-0.25, -0.2) is 13.5 Å². The van der Waals surface area contributed by atoms with Gasteiger partial charge in [-0.15, -0.1) is 0 Å². The summed E-state index contributed by atoms with van der Waals surface area (Å²) in [6, 6.07) is 1.67. The Morgan fingerprint density at radius 3 is 2.56 bits per heavy atom. The van der Waals surface area contributed by atoms with Crippen molar-refractivity contribution >= 4 is 25.8 Å². The Balaban J connectivity index is 2.20. The van der Waals surface area contributed by atoms with Crippen LogP contribution in [-0.4, -0.2) is 30.1 Å². The van der Waals surface area contributed by atoms with Crippen LogP contribution in [0.5, 0.6) is 0 Å². The van der Waals surface area contributed by atoms with Crippen molar-refractivity contribution in [2.45, 2.75) is 18.8 Å². The highest BCUT2D eigenvalue weighted by Gasteiger charge is 2.25. The quantitative estimate of drug-likeness (QED) is 0.833. The van der Waals surface area contributed by atoms with Crippen molar-refractivity contribution in [1.29, 1.82) is 0 Å². The zero-order chi connectivity index (χ0) is 11.8. The first-order chi connectivity index (χ1) is 7.48.